The Bertz CT molecular complexity index is 382. The monoisotopic (exact) mass is 237 g/mol. The largest absolute Gasteiger partial charge is 0.480 e. The average Bonchev–Trinajstić information content (AvgIpc) is 2.37. The predicted octanol–water partition coefficient (Wildman–Crippen LogP) is 1.40. The van der Waals surface area contributed by atoms with E-state index in [4.69, 9.17) is 10.5 Å². The van der Waals surface area contributed by atoms with Gasteiger partial charge in [0, 0.05) is 6.20 Å². The Labute approximate surface area is 101 Å². The molecule has 3 N–H and O–H groups in total. The second kappa shape index (κ2) is 6.20. The molecule has 1 aromatic heterocycles. The van der Waals surface area contributed by atoms with E-state index in [2.05, 4.69) is 10.3 Å². The van der Waals surface area contributed by atoms with Gasteiger partial charge >= 0.3 is 0 Å². The van der Waals surface area contributed by atoms with Gasteiger partial charge in [0.05, 0.1) is 13.2 Å². The van der Waals surface area contributed by atoms with Gasteiger partial charge in [0.1, 0.15) is 5.69 Å². The molecule has 0 spiro atoms. The second-order valence-corrected chi connectivity index (χ2v) is 3.96. The zero-order chi connectivity index (χ0) is 12.8. The average molecular weight is 237 g/mol. The van der Waals surface area contributed by atoms with Crippen molar-refractivity contribution in [1.82, 2.24) is 4.98 Å². The van der Waals surface area contributed by atoms with E-state index in [-0.39, 0.29) is 11.8 Å². The third kappa shape index (κ3) is 3.42. The number of pyridine rings is 1. The normalized spacial score (nSPS) is 13.9. The Kier molecular flexibility index (Phi) is 4.90. The maximum atomic E-state index is 11.9. The Balaban J connectivity index is 2.74. The topological polar surface area (TPSA) is 77.2 Å². The van der Waals surface area contributed by atoms with Crippen LogP contribution in [0, 0.1) is 5.92 Å². The molecule has 0 aliphatic carbocycles. The number of nitrogens with zero attached hydrogens (tertiary/aromatic N) is 1. The quantitative estimate of drug-likeness (QED) is 0.811. The number of hydrogen-bond donors (Lipinski definition) is 2. The SMILES string of the molecule is CCC(C)C(N)C(=O)Nc1cccnc1OC. The minimum atomic E-state index is -0.523. The number of amides is 1. The summed E-state index contributed by atoms with van der Waals surface area (Å²) in [5, 5.41) is 2.72. The molecule has 0 aliphatic heterocycles. The summed E-state index contributed by atoms with van der Waals surface area (Å²) in [5.74, 6) is 0.306. The van der Waals surface area contributed by atoms with Crippen LogP contribution in [-0.4, -0.2) is 24.0 Å². The molecule has 5 heteroatoms. The molecule has 0 aromatic carbocycles. The first kappa shape index (κ1) is 13.4. The number of carbonyl (C=O) groups excluding carboxylic acids is 1. The molecule has 1 aromatic rings. The highest BCUT2D eigenvalue weighted by Crippen LogP contribution is 2.20. The van der Waals surface area contributed by atoms with Crippen LogP contribution in [0.25, 0.3) is 0 Å². The highest BCUT2D eigenvalue weighted by atomic mass is 16.5. The maximum Gasteiger partial charge on any atom is 0.241 e. The summed E-state index contributed by atoms with van der Waals surface area (Å²) in [6, 6.07) is 2.94. The van der Waals surface area contributed by atoms with Crippen molar-refractivity contribution < 1.29 is 9.53 Å². The summed E-state index contributed by atoms with van der Waals surface area (Å²) in [4.78, 5) is 15.9. The van der Waals surface area contributed by atoms with Gasteiger partial charge in [-0.25, -0.2) is 4.98 Å². The fourth-order valence-electron chi connectivity index (χ4n) is 1.38. The summed E-state index contributed by atoms with van der Waals surface area (Å²) < 4.78 is 5.05. The van der Waals surface area contributed by atoms with Gasteiger partial charge in [0.25, 0.3) is 0 Å². The van der Waals surface area contributed by atoms with Crippen LogP contribution in [0.15, 0.2) is 18.3 Å². The Hall–Kier alpha value is -1.62. The van der Waals surface area contributed by atoms with Crippen molar-refractivity contribution in [2.45, 2.75) is 26.3 Å². The highest BCUT2D eigenvalue weighted by Gasteiger charge is 2.20. The van der Waals surface area contributed by atoms with Gasteiger partial charge < -0.3 is 15.8 Å². The number of ether oxygens (including phenoxy) is 1. The van der Waals surface area contributed by atoms with Crippen LogP contribution in [0.4, 0.5) is 5.69 Å². The molecule has 0 saturated heterocycles. The summed E-state index contributed by atoms with van der Waals surface area (Å²) >= 11 is 0. The Morgan fingerprint density at radius 3 is 2.94 bits per heavy atom. The molecule has 2 atom stereocenters. The van der Waals surface area contributed by atoms with E-state index in [1.807, 2.05) is 13.8 Å². The fraction of sp³-hybridized carbons (Fsp3) is 0.500. The van der Waals surface area contributed by atoms with Crippen molar-refractivity contribution in [3.8, 4) is 5.88 Å². The van der Waals surface area contributed by atoms with Gasteiger partial charge in [-0.1, -0.05) is 20.3 Å². The maximum absolute atomic E-state index is 11.9. The molecular weight excluding hydrogens is 218 g/mol. The molecule has 2 unspecified atom stereocenters. The van der Waals surface area contributed by atoms with Crippen LogP contribution in [0.2, 0.25) is 0 Å². The van der Waals surface area contributed by atoms with E-state index < -0.39 is 6.04 Å². The lowest BCUT2D eigenvalue weighted by Gasteiger charge is -2.18. The first-order chi connectivity index (χ1) is 8.10. The molecule has 0 bridgehead atoms. The van der Waals surface area contributed by atoms with Crippen LogP contribution < -0.4 is 15.8 Å². The van der Waals surface area contributed by atoms with Gasteiger partial charge in [0.2, 0.25) is 11.8 Å². The lowest BCUT2D eigenvalue weighted by molar-refractivity contribution is -0.118. The Morgan fingerprint density at radius 2 is 2.35 bits per heavy atom. The summed E-state index contributed by atoms with van der Waals surface area (Å²) in [6.45, 7) is 3.95. The number of aromatic nitrogens is 1. The number of carbonyl (C=O) groups is 1. The van der Waals surface area contributed by atoms with E-state index in [1.165, 1.54) is 7.11 Å². The first-order valence-electron chi connectivity index (χ1n) is 5.65. The molecule has 0 saturated carbocycles. The number of rotatable bonds is 5. The molecule has 1 rings (SSSR count). The lowest BCUT2D eigenvalue weighted by Crippen LogP contribution is -2.40. The van der Waals surface area contributed by atoms with E-state index in [0.717, 1.165) is 6.42 Å². The van der Waals surface area contributed by atoms with Gasteiger partial charge in [-0.3, -0.25) is 4.79 Å². The molecule has 5 nitrogen and oxygen atoms in total. The van der Waals surface area contributed by atoms with Gasteiger partial charge in [-0.2, -0.15) is 0 Å². The summed E-state index contributed by atoms with van der Waals surface area (Å²) in [6.07, 6.45) is 2.46. The van der Waals surface area contributed by atoms with Crippen molar-refractivity contribution in [2.24, 2.45) is 11.7 Å². The van der Waals surface area contributed by atoms with Crippen LogP contribution in [-0.2, 0) is 4.79 Å². The van der Waals surface area contributed by atoms with E-state index in [1.54, 1.807) is 18.3 Å². The number of hydrogen-bond acceptors (Lipinski definition) is 4. The van der Waals surface area contributed by atoms with Crippen molar-refractivity contribution in [1.29, 1.82) is 0 Å². The zero-order valence-electron chi connectivity index (χ0n) is 10.4. The zero-order valence-corrected chi connectivity index (χ0v) is 10.4. The van der Waals surface area contributed by atoms with Crippen LogP contribution >= 0.6 is 0 Å². The summed E-state index contributed by atoms with van der Waals surface area (Å²) in [5.41, 5.74) is 6.38. The fourth-order valence-corrected chi connectivity index (χ4v) is 1.38. The number of methoxy groups -OCH3 is 1. The third-order valence-corrected chi connectivity index (χ3v) is 2.78. The smallest absolute Gasteiger partial charge is 0.241 e. The lowest BCUT2D eigenvalue weighted by atomic mass is 9.99. The standard InChI is InChI=1S/C12H19N3O2/c1-4-8(2)10(13)11(16)15-9-6-5-7-14-12(9)17-3/h5-8,10H,4,13H2,1-3H3,(H,15,16). The molecule has 0 radical (unpaired) electrons. The Morgan fingerprint density at radius 1 is 1.65 bits per heavy atom. The number of nitrogens with one attached hydrogen (secondary N) is 1. The van der Waals surface area contributed by atoms with Crippen molar-refractivity contribution in [2.75, 3.05) is 12.4 Å². The van der Waals surface area contributed by atoms with Gasteiger partial charge in [-0.15, -0.1) is 0 Å². The van der Waals surface area contributed by atoms with E-state index in [9.17, 15) is 4.79 Å². The molecule has 0 fully saturated rings. The molecule has 94 valence electrons. The second-order valence-electron chi connectivity index (χ2n) is 3.96. The van der Waals surface area contributed by atoms with E-state index >= 15 is 0 Å². The predicted molar refractivity (Wildman–Crippen MR) is 66.8 cm³/mol. The van der Waals surface area contributed by atoms with Crippen molar-refractivity contribution in [3.05, 3.63) is 18.3 Å². The molecule has 1 heterocycles. The van der Waals surface area contributed by atoms with Crippen LogP contribution in [0.1, 0.15) is 20.3 Å². The minimum Gasteiger partial charge on any atom is -0.480 e. The van der Waals surface area contributed by atoms with Gasteiger partial charge in [0.15, 0.2) is 0 Å². The minimum absolute atomic E-state index is 0.137. The van der Waals surface area contributed by atoms with Crippen molar-refractivity contribution in [3.63, 3.8) is 0 Å². The summed E-state index contributed by atoms with van der Waals surface area (Å²) in [7, 11) is 1.51. The molecule has 1 amide bonds. The van der Waals surface area contributed by atoms with Crippen molar-refractivity contribution >= 4 is 11.6 Å². The van der Waals surface area contributed by atoms with Crippen LogP contribution in [0.5, 0.6) is 5.88 Å². The highest BCUT2D eigenvalue weighted by molar-refractivity contribution is 5.95. The first-order valence-corrected chi connectivity index (χ1v) is 5.65. The molecule has 0 aliphatic rings. The third-order valence-electron chi connectivity index (χ3n) is 2.78. The number of nitrogens with two attached hydrogens (primary N) is 1. The number of anilines is 1. The molecular formula is C12H19N3O2. The molecule has 17 heavy (non-hydrogen) atoms. The van der Waals surface area contributed by atoms with Crippen LogP contribution in [0.3, 0.4) is 0 Å². The van der Waals surface area contributed by atoms with E-state index in [0.29, 0.717) is 11.6 Å². The van der Waals surface area contributed by atoms with Gasteiger partial charge in [-0.05, 0) is 18.1 Å².